The summed E-state index contributed by atoms with van der Waals surface area (Å²) in [5, 5.41) is 0. The van der Waals surface area contributed by atoms with Gasteiger partial charge in [0.1, 0.15) is 0 Å². The molecular formula is C5H11NS2. The van der Waals surface area contributed by atoms with E-state index in [0.717, 1.165) is 0 Å². The molecule has 1 aliphatic rings. The lowest BCUT2D eigenvalue weighted by atomic mass is 10.4. The minimum atomic E-state index is -2.54. The third kappa shape index (κ3) is 1.57. The first-order valence-electron chi connectivity index (χ1n) is 5.27. The Kier molecular flexibility index (Phi) is 0.884. The van der Waals surface area contributed by atoms with Gasteiger partial charge >= 0.3 is 0 Å². The van der Waals surface area contributed by atoms with E-state index in [-0.39, 0.29) is 6.04 Å². The summed E-state index contributed by atoms with van der Waals surface area (Å²) in [6.45, 7) is -5.08. The van der Waals surface area contributed by atoms with Crippen LogP contribution in [0, 0.1) is 0 Å². The zero-order valence-electron chi connectivity index (χ0n) is 10.3. The van der Waals surface area contributed by atoms with Crippen LogP contribution in [-0.4, -0.2) is 36.4 Å². The second-order valence-corrected chi connectivity index (χ2v) is 4.15. The van der Waals surface area contributed by atoms with Crippen LogP contribution in [0.2, 0.25) is 0 Å². The van der Waals surface area contributed by atoms with Gasteiger partial charge in [-0.15, -0.1) is 0 Å². The molecule has 1 nitrogen and oxygen atoms in total. The first-order valence-corrected chi connectivity index (χ1v) is 4.75. The zero-order chi connectivity index (χ0) is 11.0. The van der Waals surface area contributed by atoms with E-state index in [9.17, 15) is 0 Å². The lowest BCUT2D eigenvalue weighted by molar-refractivity contribution is 0.347. The van der Waals surface area contributed by atoms with Crippen molar-refractivity contribution < 1.29 is 8.22 Å². The van der Waals surface area contributed by atoms with Gasteiger partial charge in [-0.2, -0.15) is 0 Å². The molecule has 1 fully saturated rings. The third-order valence-corrected chi connectivity index (χ3v) is 3.49. The standard InChI is InChI=1S/C5H11NS2/c1-6(2)5-3-7-8-4-5/h5H,3-4H2,1-2H3/i1D3,2D3. The Bertz CT molecular complexity index is 181. The van der Waals surface area contributed by atoms with Crippen LogP contribution in [0.1, 0.15) is 8.22 Å². The van der Waals surface area contributed by atoms with Crippen molar-refractivity contribution in [2.45, 2.75) is 6.04 Å². The lowest BCUT2D eigenvalue weighted by Crippen LogP contribution is -2.29. The van der Waals surface area contributed by atoms with Crippen LogP contribution in [0.3, 0.4) is 0 Å². The van der Waals surface area contributed by atoms with Crippen molar-refractivity contribution in [3.8, 4) is 0 Å². The van der Waals surface area contributed by atoms with E-state index in [1.807, 2.05) is 0 Å². The quantitative estimate of drug-likeness (QED) is 0.526. The molecular weight excluding hydrogens is 138 g/mol. The highest BCUT2D eigenvalue weighted by molar-refractivity contribution is 8.77. The molecule has 1 heterocycles. The fourth-order valence-corrected chi connectivity index (χ4v) is 3.16. The lowest BCUT2D eigenvalue weighted by Gasteiger charge is -2.15. The molecule has 0 spiro atoms. The summed E-state index contributed by atoms with van der Waals surface area (Å²) >= 11 is 0. The average Bonchev–Trinajstić information content (AvgIpc) is 2.31. The summed E-state index contributed by atoms with van der Waals surface area (Å²) in [5.74, 6) is 1.11. The highest BCUT2D eigenvalue weighted by Crippen LogP contribution is 2.32. The number of hydrogen-bond donors (Lipinski definition) is 0. The van der Waals surface area contributed by atoms with Gasteiger partial charge < -0.3 is 4.90 Å². The molecule has 1 aliphatic heterocycles. The minimum Gasteiger partial charge on any atom is -0.305 e. The number of rotatable bonds is 1. The van der Waals surface area contributed by atoms with Crippen LogP contribution in [-0.2, 0) is 0 Å². The van der Waals surface area contributed by atoms with Crippen LogP contribution in [0.5, 0.6) is 0 Å². The molecule has 48 valence electrons. The normalized spacial score (nSPS) is 37.1. The Balaban J connectivity index is 2.82. The molecule has 3 heteroatoms. The Morgan fingerprint density at radius 2 is 2.12 bits per heavy atom. The van der Waals surface area contributed by atoms with Gasteiger partial charge in [0, 0.05) is 25.8 Å². The molecule has 0 amide bonds. The van der Waals surface area contributed by atoms with Crippen LogP contribution in [0.4, 0.5) is 0 Å². The molecule has 0 unspecified atom stereocenters. The van der Waals surface area contributed by atoms with Crippen LogP contribution in [0.15, 0.2) is 0 Å². The van der Waals surface area contributed by atoms with Gasteiger partial charge in [-0.05, 0) is 14.0 Å². The molecule has 0 atom stereocenters. The fourth-order valence-electron chi connectivity index (χ4n) is 0.450. The SMILES string of the molecule is [2H]C([2H])([2H])N(C1CSSC1)C([2H])([2H])[2H]. The minimum absolute atomic E-state index is 0.384. The number of nitrogens with zero attached hydrogens (tertiary/aromatic N) is 1. The Hall–Kier alpha value is 0.660. The van der Waals surface area contributed by atoms with Gasteiger partial charge in [0.2, 0.25) is 0 Å². The molecule has 1 rings (SSSR count). The summed E-state index contributed by atoms with van der Waals surface area (Å²) in [7, 11) is 3.04. The Morgan fingerprint density at radius 3 is 2.62 bits per heavy atom. The van der Waals surface area contributed by atoms with E-state index in [2.05, 4.69) is 0 Å². The first kappa shape index (κ1) is 2.36. The van der Waals surface area contributed by atoms with Crippen molar-refractivity contribution in [2.24, 2.45) is 0 Å². The second kappa shape index (κ2) is 2.99. The molecule has 0 aliphatic carbocycles. The topological polar surface area (TPSA) is 3.24 Å². The van der Waals surface area contributed by atoms with Gasteiger partial charge in [-0.1, -0.05) is 21.6 Å². The smallest absolute Gasteiger partial charge is 0.0394 e. The van der Waals surface area contributed by atoms with E-state index >= 15 is 0 Å². The van der Waals surface area contributed by atoms with Gasteiger partial charge in [-0.25, -0.2) is 0 Å². The summed E-state index contributed by atoms with van der Waals surface area (Å²) in [6.07, 6.45) is 0. The Labute approximate surface area is 67.0 Å². The first-order chi connectivity index (χ1) is 6.23. The van der Waals surface area contributed by atoms with Crippen LogP contribution >= 0.6 is 21.6 Å². The van der Waals surface area contributed by atoms with Crippen molar-refractivity contribution in [1.82, 2.24) is 4.90 Å². The van der Waals surface area contributed by atoms with E-state index < -0.39 is 14.0 Å². The second-order valence-electron chi connectivity index (χ2n) is 1.59. The largest absolute Gasteiger partial charge is 0.305 e. The van der Waals surface area contributed by atoms with Crippen LogP contribution in [0.25, 0.3) is 0 Å². The summed E-state index contributed by atoms with van der Waals surface area (Å²) in [5.41, 5.74) is 0. The highest BCUT2D eigenvalue weighted by Gasteiger charge is 2.17. The third-order valence-electron chi connectivity index (χ3n) is 0.969. The van der Waals surface area contributed by atoms with Crippen LogP contribution < -0.4 is 0 Å². The molecule has 8 heavy (non-hydrogen) atoms. The monoisotopic (exact) mass is 155 g/mol. The molecule has 0 aromatic rings. The van der Waals surface area contributed by atoms with Gasteiger partial charge in [0.15, 0.2) is 0 Å². The predicted octanol–water partition coefficient (Wildman–Crippen LogP) is 1.31. The maximum atomic E-state index is 7.19. The van der Waals surface area contributed by atoms with E-state index in [1.54, 1.807) is 0 Å². The molecule has 0 aromatic carbocycles. The van der Waals surface area contributed by atoms with Crippen molar-refractivity contribution in [2.75, 3.05) is 25.5 Å². The molecule has 1 saturated heterocycles. The summed E-state index contributed by atoms with van der Waals surface area (Å²) < 4.78 is 43.1. The van der Waals surface area contributed by atoms with Crippen molar-refractivity contribution in [3.63, 3.8) is 0 Å². The van der Waals surface area contributed by atoms with Crippen molar-refractivity contribution >= 4 is 21.6 Å². The highest BCUT2D eigenvalue weighted by atomic mass is 33.1. The summed E-state index contributed by atoms with van der Waals surface area (Å²) in [4.78, 5) is 0.674. The molecule has 0 radical (unpaired) electrons. The maximum absolute atomic E-state index is 7.19. The molecule has 0 N–H and O–H groups in total. The average molecular weight is 155 g/mol. The van der Waals surface area contributed by atoms with E-state index in [4.69, 9.17) is 8.22 Å². The van der Waals surface area contributed by atoms with E-state index in [1.165, 1.54) is 21.6 Å². The summed E-state index contributed by atoms with van der Waals surface area (Å²) in [6, 6.07) is -0.384. The van der Waals surface area contributed by atoms with Gasteiger partial charge in [0.05, 0.1) is 0 Å². The Morgan fingerprint density at radius 1 is 1.50 bits per heavy atom. The molecule has 0 bridgehead atoms. The zero-order valence-corrected chi connectivity index (χ0v) is 5.89. The van der Waals surface area contributed by atoms with Gasteiger partial charge in [-0.3, -0.25) is 0 Å². The van der Waals surface area contributed by atoms with Crippen molar-refractivity contribution in [3.05, 3.63) is 0 Å². The van der Waals surface area contributed by atoms with Crippen molar-refractivity contribution in [1.29, 1.82) is 0 Å². The number of hydrogen-bond acceptors (Lipinski definition) is 3. The molecule has 0 aromatic heterocycles. The predicted molar refractivity (Wildman–Crippen MR) is 42.4 cm³/mol. The fraction of sp³-hybridized carbons (Fsp3) is 1.00. The van der Waals surface area contributed by atoms with Gasteiger partial charge in [0.25, 0.3) is 0 Å². The maximum Gasteiger partial charge on any atom is 0.0394 e. The molecule has 0 saturated carbocycles. The van der Waals surface area contributed by atoms with E-state index in [0.29, 0.717) is 16.4 Å².